The second kappa shape index (κ2) is 5.91. The molecular formula is C12H14N4O. The lowest BCUT2D eigenvalue weighted by Crippen LogP contribution is -2.12. The van der Waals surface area contributed by atoms with Crippen LogP contribution in [0.1, 0.15) is 12.5 Å². The first-order valence-corrected chi connectivity index (χ1v) is 5.48. The lowest BCUT2D eigenvalue weighted by Gasteiger charge is -2.04. The normalized spacial score (nSPS) is 10.2. The Bertz CT molecular complexity index is 444. The number of nitrogens with zero attached hydrogens (tertiary/aromatic N) is 3. The Morgan fingerprint density at radius 2 is 2.06 bits per heavy atom. The molecule has 0 radical (unpaired) electrons. The van der Waals surface area contributed by atoms with Gasteiger partial charge in [0.1, 0.15) is 5.75 Å². The average molecular weight is 230 g/mol. The van der Waals surface area contributed by atoms with Gasteiger partial charge in [0.2, 0.25) is 0 Å². The van der Waals surface area contributed by atoms with Gasteiger partial charge < -0.3 is 10.1 Å². The highest BCUT2D eigenvalue weighted by molar-refractivity contribution is 5.20. The van der Waals surface area contributed by atoms with Gasteiger partial charge in [-0.15, -0.1) is 0 Å². The van der Waals surface area contributed by atoms with E-state index in [1.807, 2.05) is 6.07 Å². The summed E-state index contributed by atoms with van der Waals surface area (Å²) < 4.78 is 5.43. The molecule has 2 heterocycles. The molecule has 5 heteroatoms. The van der Waals surface area contributed by atoms with Gasteiger partial charge in [0.25, 0.3) is 0 Å². The van der Waals surface area contributed by atoms with Crippen molar-refractivity contribution in [2.75, 3.05) is 6.54 Å². The highest BCUT2D eigenvalue weighted by Crippen LogP contribution is 2.14. The summed E-state index contributed by atoms with van der Waals surface area (Å²) in [6, 6.07) is 3.94. The summed E-state index contributed by atoms with van der Waals surface area (Å²) >= 11 is 0. The summed E-state index contributed by atoms with van der Waals surface area (Å²) in [7, 11) is 0. The van der Waals surface area contributed by atoms with Crippen LogP contribution in [-0.4, -0.2) is 21.5 Å². The molecule has 0 aliphatic carbocycles. The molecule has 0 spiro atoms. The molecule has 17 heavy (non-hydrogen) atoms. The number of hydrogen-bond donors (Lipinski definition) is 1. The predicted octanol–water partition coefficient (Wildman–Crippen LogP) is 1.77. The minimum Gasteiger partial charge on any atom is -0.423 e. The first-order valence-electron chi connectivity index (χ1n) is 5.48. The van der Waals surface area contributed by atoms with Crippen LogP contribution in [0, 0.1) is 0 Å². The number of ether oxygens (including phenoxy) is 1. The second-order valence-corrected chi connectivity index (χ2v) is 3.45. The molecule has 2 aromatic rings. The van der Waals surface area contributed by atoms with Crippen LogP contribution in [0.4, 0.5) is 0 Å². The van der Waals surface area contributed by atoms with Gasteiger partial charge in [-0.25, -0.2) is 9.97 Å². The Balaban J connectivity index is 1.98. The fourth-order valence-corrected chi connectivity index (χ4v) is 1.27. The van der Waals surface area contributed by atoms with Gasteiger partial charge in [-0.05, 0) is 18.7 Å². The molecule has 0 amide bonds. The van der Waals surface area contributed by atoms with E-state index >= 15 is 0 Å². The molecule has 2 rings (SSSR count). The number of aromatic nitrogens is 3. The maximum absolute atomic E-state index is 5.43. The van der Waals surface area contributed by atoms with E-state index in [1.165, 1.54) is 0 Å². The molecule has 0 bridgehead atoms. The van der Waals surface area contributed by atoms with E-state index < -0.39 is 0 Å². The minimum absolute atomic E-state index is 0.332. The Morgan fingerprint density at radius 1 is 1.24 bits per heavy atom. The summed E-state index contributed by atoms with van der Waals surface area (Å²) in [5.41, 5.74) is 1.03. The van der Waals surface area contributed by atoms with E-state index in [-0.39, 0.29) is 0 Å². The van der Waals surface area contributed by atoms with E-state index in [4.69, 9.17) is 4.74 Å². The van der Waals surface area contributed by atoms with E-state index in [1.54, 1.807) is 30.9 Å². The number of nitrogens with one attached hydrogen (secondary N) is 1. The van der Waals surface area contributed by atoms with Gasteiger partial charge >= 0.3 is 6.01 Å². The van der Waals surface area contributed by atoms with Crippen LogP contribution in [0.5, 0.6) is 11.8 Å². The molecule has 0 saturated heterocycles. The van der Waals surface area contributed by atoms with E-state index in [2.05, 4.69) is 27.2 Å². The van der Waals surface area contributed by atoms with Crippen molar-refractivity contribution in [3.8, 4) is 11.8 Å². The van der Waals surface area contributed by atoms with Crippen molar-refractivity contribution in [2.45, 2.75) is 13.5 Å². The van der Waals surface area contributed by atoms with Gasteiger partial charge in [-0.3, -0.25) is 4.98 Å². The van der Waals surface area contributed by atoms with Crippen LogP contribution in [0.3, 0.4) is 0 Å². The fraction of sp³-hybridized carbons (Fsp3) is 0.250. The molecule has 88 valence electrons. The van der Waals surface area contributed by atoms with Crippen molar-refractivity contribution in [3.05, 3.63) is 42.5 Å². The third-order valence-electron chi connectivity index (χ3n) is 2.10. The molecule has 1 N–H and O–H groups in total. The van der Waals surface area contributed by atoms with Gasteiger partial charge in [0.15, 0.2) is 0 Å². The number of hydrogen-bond acceptors (Lipinski definition) is 5. The second-order valence-electron chi connectivity index (χ2n) is 3.45. The Labute approximate surface area is 99.9 Å². The van der Waals surface area contributed by atoms with E-state index in [0.717, 1.165) is 18.7 Å². The first kappa shape index (κ1) is 11.5. The van der Waals surface area contributed by atoms with Crippen LogP contribution in [0.15, 0.2) is 36.9 Å². The molecule has 0 saturated carbocycles. The molecule has 5 nitrogen and oxygen atoms in total. The van der Waals surface area contributed by atoms with Crippen LogP contribution in [0.2, 0.25) is 0 Å². The van der Waals surface area contributed by atoms with Gasteiger partial charge in [0.05, 0.1) is 6.20 Å². The summed E-state index contributed by atoms with van der Waals surface area (Å²) in [6.45, 7) is 3.75. The van der Waals surface area contributed by atoms with Crippen molar-refractivity contribution in [2.24, 2.45) is 0 Å². The Kier molecular flexibility index (Phi) is 3.99. The molecule has 0 aromatic carbocycles. The van der Waals surface area contributed by atoms with E-state index in [0.29, 0.717) is 11.8 Å². The monoisotopic (exact) mass is 230 g/mol. The maximum Gasteiger partial charge on any atom is 0.321 e. The predicted molar refractivity (Wildman–Crippen MR) is 63.7 cm³/mol. The molecule has 2 aromatic heterocycles. The Hall–Kier alpha value is -2.01. The largest absolute Gasteiger partial charge is 0.423 e. The highest BCUT2D eigenvalue weighted by atomic mass is 16.5. The number of pyridine rings is 1. The SMILES string of the molecule is CCNCc1cnc(Oc2cccnc2)nc1. The smallest absolute Gasteiger partial charge is 0.321 e. The van der Waals surface area contributed by atoms with Gasteiger partial charge in [0, 0.05) is 30.7 Å². The zero-order valence-electron chi connectivity index (χ0n) is 9.63. The van der Waals surface area contributed by atoms with E-state index in [9.17, 15) is 0 Å². The van der Waals surface area contributed by atoms with Crippen LogP contribution in [0.25, 0.3) is 0 Å². The molecular weight excluding hydrogens is 216 g/mol. The van der Waals surface area contributed by atoms with Crippen LogP contribution >= 0.6 is 0 Å². The summed E-state index contributed by atoms with van der Waals surface area (Å²) in [6.07, 6.45) is 6.81. The fourth-order valence-electron chi connectivity index (χ4n) is 1.27. The summed E-state index contributed by atoms with van der Waals surface area (Å²) in [5, 5.41) is 3.20. The third-order valence-corrected chi connectivity index (χ3v) is 2.10. The van der Waals surface area contributed by atoms with Crippen LogP contribution < -0.4 is 10.1 Å². The van der Waals surface area contributed by atoms with Gasteiger partial charge in [-0.2, -0.15) is 0 Å². The standard InChI is InChI=1S/C12H14N4O/c1-2-13-6-10-7-15-12(16-8-10)17-11-4-3-5-14-9-11/h3-5,7-9,13H,2,6H2,1H3. The lowest BCUT2D eigenvalue weighted by atomic mass is 10.3. The molecule has 0 unspecified atom stereocenters. The molecule has 0 aliphatic heterocycles. The van der Waals surface area contributed by atoms with Crippen molar-refractivity contribution < 1.29 is 4.74 Å². The molecule has 0 aliphatic rings. The summed E-state index contributed by atoms with van der Waals surface area (Å²) in [5.74, 6) is 0.631. The van der Waals surface area contributed by atoms with Gasteiger partial charge in [-0.1, -0.05) is 6.92 Å². The first-order chi connectivity index (χ1) is 8.38. The molecule has 0 fully saturated rings. The summed E-state index contributed by atoms with van der Waals surface area (Å²) in [4.78, 5) is 12.2. The lowest BCUT2D eigenvalue weighted by molar-refractivity contribution is 0.439. The van der Waals surface area contributed by atoms with Crippen molar-refractivity contribution in [1.82, 2.24) is 20.3 Å². The van der Waals surface area contributed by atoms with Crippen LogP contribution in [-0.2, 0) is 6.54 Å². The number of rotatable bonds is 5. The minimum atomic E-state index is 0.332. The average Bonchev–Trinajstić information content (AvgIpc) is 2.39. The van der Waals surface area contributed by atoms with Crippen molar-refractivity contribution in [1.29, 1.82) is 0 Å². The zero-order valence-corrected chi connectivity index (χ0v) is 9.63. The maximum atomic E-state index is 5.43. The zero-order chi connectivity index (χ0) is 11.9. The highest BCUT2D eigenvalue weighted by Gasteiger charge is 2.00. The van der Waals surface area contributed by atoms with Crippen molar-refractivity contribution >= 4 is 0 Å². The van der Waals surface area contributed by atoms with Crippen molar-refractivity contribution in [3.63, 3.8) is 0 Å². The quantitative estimate of drug-likeness (QED) is 0.848. The Morgan fingerprint density at radius 3 is 2.71 bits per heavy atom. The third kappa shape index (κ3) is 3.49. The molecule has 0 atom stereocenters. The topological polar surface area (TPSA) is 59.9 Å².